The minimum Gasteiger partial charge on any atom is -1.00 e. The van der Waals surface area contributed by atoms with Crippen LogP contribution < -0.4 is 26.3 Å². The third-order valence-corrected chi connectivity index (χ3v) is 7.45. The summed E-state index contributed by atoms with van der Waals surface area (Å²) in [5, 5.41) is 15.9. The first-order valence-corrected chi connectivity index (χ1v) is 12.5. The lowest BCUT2D eigenvalue weighted by molar-refractivity contribution is -0.698. The van der Waals surface area contributed by atoms with E-state index in [0.29, 0.717) is 33.5 Å². The first-order valence-electron chi connectivity index (χ1n) is 11.7. The normalized spacial score (nSPS) is 13.6. The maximum atomic E-state index is 13.6. The number of hydrogen-bond acceptors (Lipinski definition) is 6. The number of imide groups is 1. The van der Waals surface area contributed by atoms with Gasteiger partial charge in [-0.3, -0.25) is 14.6 Å². The predicted molar refractivity (Wildman–Crippen MR) is 142 cm³/mol. The highest BCUT2D eigenvalue weighted by Gasteiger charge is 2.33. The van der Waals surface area contributed by atoms with Crippen molar-refractivity contribution in [2.45, 2.75) is 6.54 Å². The fraction of sp³-hybridized carbons (Fsp3) is 0.107. The number of benzene rings is 3. The Bertz CT molecular complexity index is 1810. The molecule has 2 aromatic heterocycles. The number of aromatic nitrogens is 2. The number of halogens is 1. The summed E-state index contributed by atoms with van der Waals surface area (Å²) in [6.07, 6.45) is 5.46. The summed E-state index contributed by atoms with van der Waals surface area (Å²) < 4.78 is 4.77. The average molecular weight is 588 g/mol. The Morgan fingerprint density at radius 2 is 1.74 bits per heavy atom. The van der Waals surface area contributed by atoms with Crippen molar-refractivity contribution in [2.75, 3.05) is 6.61 Å². The fourth-order valence-electron chi connectivity index (χ4n) is 4.48. The minimum absolute atomic E-state index is 0. The quantitative estimate of drug-likeness (QED) is 0.185. The van der Waals surface area contributed by atoms with Crippen LogP contribution in [0.5, 0.6) is 0 Å². The molecule has 10 heteroatoms. The maximum absolute atomic E-state index is 13.6. The van der Waals surface area contributed by atoms with Crippen molar-refractivity contribution >= 4 is 56.0 Å². The van der Waals surface area contributed by atoms with E-state index in [2.05, 4.69) is 10.1 Å². The molecule has 1 aliphatic rings. The van der Waals surface area contributed by atoms with Gasteiger partial charge in [-0.25, -0.2) is 4.57 Å². The number of rotatable bonds is 5. The monoisotopic (exact) mass is 587 g/mol. The Morgan fingerprint density at radius 3 is 2.50 bits per heavy atom. The summed E-state index contributed by atoms with van der Waals surface area (Å²) in [6, 6.07) is 20.6. The number of thiazole rings is 1. The van der Waals surface area contributed by atoms with Crippen molar-refractivity contribution in [2.24, 2.45) is 17.1 Å². The molecule has 0 saturated carbocycles. The lowest BCUT2D eigenvalue weighted by atomic mass is 9.94. The second-order valence-electron chi connectivity index (χ2n) is 8.68. The van der Waals surface area contributed by atoms with Gasteiger partial charge in [0.25, 0.3) is 11.8 Å². The number of nitrogens with zero attached hydrogens (tertiary/aromatic N) is 5. The molecule has 0 fully saturated rings. The molecule has 5 aromatic rings. The maximum Gasteiger partial charge on any atom is 0.282 e. The van der Waals surface area contributed by atoms with Crippen molar-refractivity contribution < 1.29 is 36.2 Å². The van der Waals surface area contributed by atoms with Gasteiger partial charge in [-0.15, -0.1) is 5.10 Å². The van der Waals surface area contributed by atoms with Gasteiger partial charge >= 0.3 is 0 Å². The zero-order valence-corrected chi connectivity index (χ0v) is 22.7. The van der Waals surface area contributed by atoms with Crippen LogP contribution in [0.4, 0.5) is 5.69 Å². The largest absolute Gasteiger partial charge is 1.00 e. The van der Waals surface area contributed by atoms with E-state index in [1.165, 1.54) is 11.3 Å². The van der Waals surface area contributed by atoms with Gasteiger partial charge in [0, 0.05) is 36.3 Å². The molecule has 190 valence electrons. The third kappa shape index (κ3) is 4.47. The van der Waals surface area contributed by atoms with Crippen molar-refractivity contribution in [3.8, 4) is 0 Å². The molecule has 0 saturated heterocycles. The molecule has 0 bridgehead atoms. The Hall–Kier alpha value is -3.99. The lowest BCUT2D eigenvalue weighted by Crippen LogP contribution is -3.00. The number of amides is 2. The van der Waals surface area contributed by atoms with E-state index in [1.807, 2.05) is 77.1 Å². The Kier molecular flexibility index (Phi) is 7.02. The van der Waals surface area contributed by atoms with Crippen LogP contribution in [0.3, 0.4) is 0 Å². The number of aliphatic imine (C=N–C) groups is 1. The molecule has 38 heavy (non-hydrogen) atoms. The van der Waals surface area contributed by atoms with Crippen molar-refractivity contribution in [3.05, 3.63) is 101 Å². The van der Waals surface area contributed by atoms with Gasteiger partial charge in [0.1, 0.15) is 6.61 Å². The lowest BCUT2D eigenvalue weighted by Gasteiger charge is -2.23. The SMILES string of the molecule is Cn1/c(=N/N2C(=O)c3cccc4cc(N=Cc5cc[n+](CCO)cc5)cc(c34)C2=O)sc2ccccc21.[Br-]. The van der Waals surface area contributed by atoms with Gasteiger partial charge in [0.15, 0.2) is 18.9 Å². The van der Waals surface area contributed by atoms with Gasteiger partial charge in [0.05, 0.1) is 27.0 Å². The van der Waals surface area contributed by atoms with Gasteiger partial charge in [0.2, 0.25) is 4.80 Å². The number of aliphatic hydroxyl groups excluding tert-OH is 1. The summed E-state index contributed by atoms with van der Waals surface area (Å²) in [5.74, 6) is -0.926. The smallest absolute Gasteiger partial charge is 0.282 e. The topological polar surface area (TPSA) is 91.1 Å². The fourth-order valence-corrected chi connectivity index (χ4v) is 5.49. The molecule has 3 heterocycles. The summed E-state index contributed by atoms with van der Waals surface area (Å²) in [7, 11) is 1.87. The van der Waals surface area contributed by atoms with Crippen molar-refractivity contribution in [1.29, 1.82) is 0 Å². The number of aryl methyl sites for hydroxylation is 1. The van der Waals surface area contributed by atoms with E-state index in [4.69, 9.17) is 5.11 Å². The number of carbonyl (C=O) groups excluding carboxylic acids is 2. The highest BCUT2D eigenvalue weighted by Crippen LogP contribution is 2.34. The Morgan fingerprint density at radius 1 is 0.974 bits per heavy atom. The second-order valence-corrected chi connectivity index (χ2v) is 9.69. The summed E-state index contributed by atoms with van der Waals surface area (Å²) >= 11 is 1.42. The molecule has 0 spiro atoms. The molecule has 0 atom stereocenters. The zero-order chi connectivity index (χ0) is 25.5. The van der Waals surface area contributed by atoms with E-state index < -0.39 is 11.8 Å². The van der Waals surface area contributed by atoms with Gasteiger partial charge in [-0.2, -0.15) is 5.01 Å². The summed E-state index contributed by atoms with van der Waals surface area (Å²) in [6.45, 7) is 0.594. The van der Waals surface area contributed by atoms with E-state index in [1.54, 1.807) is 24.4 Å². The number of hydrogen-bond donors (Lipinski definition) is 1. The molecule has 3 aromatic carbocycles. The molecule has 0 unspecified atom stereocenters. The summed E-state index contributed by atoms with van der Waals surface area (Å²) in [4.78, 5) is 32.1. The second kappa shape index (κ2) is 10.4. The van der Waals surface area contributed by atoms with Gasteiger partial charge in [-0.05, 0) is 35.7 Å². The van der Waals surface area contributed by atoms with Gasteiger partial charge < -0.3 is 26.7 Å². The Balaban J connectivity index is 0.00000294. The minimum atomic E-state index is -0.479. The standard InChI is InChI=1S/C28H22N5O3S.BrH/c1-31-23-7-2-3-8-24(23)37-28(31)30-33-26(35)21-6-4-5-19-15-20(16-22(25(19)21)27(33)36)29-17-18-9-11-32(12-10-18)13-14-34;/h2-12,15-17,34H,13-14H2,1H3;1H/q+1;/p-1/b29-17?,30-28-;. The number of para-hydroxylation sites is 1. The Labute approximate surface area is 232 Å². The first-order chi connectivity index (χ1) is 18.0. The number of pyridine rings is 1. The van der Waals surface area contributed by atoms with E-state index in [9.17, 15) is 9.59 Å². The van der Waals surface area contributed by atoms with E-state index >= 15 is 0 Å². The van der Waals surface area contributed by atoms with Crippen molar-refractivity contribution in [1.82, 2.24) is 9.58 Å². The van der Waals surface area contributed by atoms with Crippen LogP contribution in [0.2, 0.25) is 0 Å². The number of carbonyl (C=O) groups is 2. The summed E-state index contributed by atoms with van der Waals surface area (Å²) in [5.41, 5.74) is 3.28. The van der Waals surface area contributed by atoms with E-state index in [-0.39, 0.29) is 23.6 Å². The number of aliphatic hydroxyl groups is 1. The predicted octanol–water partition coefficient (Wildman–Crippen LogP) is 0.539. The highest BCUT2D eigenvalue weighted by molar-refractivity contribution is 7.16. The zero-order valence-electron chi connectivity index (χ0n) is 20.3. The molecule has 0 aliphatic carbocycles. The van der Waals surface area contributed by atoms with E-state index in [0.717, 1.165) is 26.2 Å². The van der Waals surface area contributed by atoms with Crippen LogP contribution in [-0.2, 0) is 13.6 Å². The molecule has 1 aliphatic heterocycles. The first kappa shape index (κ1) is 25.7. The molecule has 2 amide bonds. The van der Waals surface area contributed by atoms with Crippen LogP contribution in [0.25, 0.3) is 21.0 Å². The molecule has 0 radical (unpaired) electrons. The van der Waals surface area contributed by atoms with Crippen molar-refractivity contribution in [3.63, 3.8) is 0 Å². The van der Waals surface area contributed by atoms with Crippen LogP contribution in [0.1, 0.15) is 26.3 Å². The molecule has 1 N–H and O–H groups in total. The number of fused-ring (bicyclic) bond motifs is 1. The van der Waals surface area contributed by atoms with Crippen LogP contribution >= 0.6 is 11.3 Å². The molecular weight excluding hydrogens is 566 g/mol. The van der Waals surface area contributed by atoms with Crippen LogP contribution in [0.15, 0.2) is 89.2 Å². The highest BCUT2D eigenvalue weighted by atomic mass is 79.9. The average Bonchev–Trinajstić information content (AvgIpc) is 3.24. The van der Waals surface area contributed by atoms with Gasteiger partial charge in [-0.1, -0.05) is 35.6 Å². The molecular formula is C28H22BrN5O3S. The van der Waals surface area contributed by atoms with Crippen LogP contribution in [-0.4, -0.2) is 39.3 Å². The molecule has 8 nitrogen and oxygen atoms in total. The molecule has 6 rings (SSSR count). The van der Waals surface area contributed by atoms with Crippen LogP contribution in [0, 0.1) is 0 Å². The third-order valence-electron chi connectivity index (χ3n) is 6.35.